The number of carbonyl (C=O) groups excluding carboxylic acids is 1. The maximum Gasteiger partial charge on any atom is 0.306 e. The Morgan fingerprint density at radius 1 is 1.29 bits per heavy atom. The predicted molar refractivity (Wildman–Crippen MR) is 53.8 cm³/mol. The van der Waals surface area contributed by atoms with Crippen molar-refractivity contribution in [1.82, 2.24) is 0 Å². The van der Waals surface area contributed by atoms with Gasteiger partial charge in [0.15, 0.2) is 0 Å². The molecule has 0 fully saturated rings. The van der Waals surface area contributed by atoms with Crippen molar-refractivity contribution in [2.45, 2.75) is 44.6 Å². The smallest absolute Gasteiger partial charge is 0.306 e. The van der Waals surface area contributed by atoms with E-state index in [0.29, 0.717) is 6.42 Å². The third kappa shape index (κ3) is 5.02. The number of ether oxygens (including phenoxy) is 1. The van der Waals surface area contributed by atoms with E-state index in [2.05, 4.69) is 0 Å². The van der Waals surface area contributed by atoms with E-state index in [1.807, 2.05) is 0 Å². The molecule has 0 amide bonds. The van der Waals surface area contributed by atoms with E-state index < -0.39 is 0 Å². The van der Waals surface area contributed by atoms with Crippen LogP contribution in [0.3, 0.4) is 0 Å². The van der Waals surface area contributed by atoms with E-state index in [1.165, 1.54) is 0 Å². The Hall–Kier alpha value is -0.830. The Morgan fingerprint density at radius 2 is 2.07 bits per heavy atom. The van der Waals surface area contributed by atoms with Crippen LogP contribution in [0.1, 0.15) is 38.5 Å². The van der Waals surface area contributed by atoms with Crippen LogP contribution < -0.4 is 0 Å². The van der Waals surface area contributed by atoms with E-state index in [9.17, 15) is 9.90 Å². The van der Waals surface area contributed by atoms with Gasteiger partial charge in [-0.15, -0.1) is 0 Å². The van der Waals surface area contributed by atoms with Gasteiger partial charge in [0.05, 0.1) is 6.10 Å². The number of carbonyl (C=O) groups is 1. The standard InChI is InChI=1S/C11H18O3/c12-10-6-3-1-2-4-8-11(13)14-9-5-7-10/h5,7,10,12H,1-4,6,8-9H2/b7-5-. The maximum absolute atomic E-state index is 11.1. The van der Waals surface area contributed by atoms with Crippen molar-refractivity contribution in [3.05, 3.63) is 12.2 Å². The highest BCUT2D eigenvalue weighted by molar-refractivity contribution is 5.69. The molecule has 1 unspecified atom stereocenters. The van der Waals surface area contributed by atoms with Crippen LogP contribution in [0.25, 0.3) is 0 Å². The van der Waals surface area contributed by atoms with Gasteiger partial charge in [0.25, 0.3) is 0 Å². The average molecular weight is 198 g/mol. The molecule has 80 valence electrons. The number of hydrogen-bond donors (Lipinski definition) is 1. The largest absolute Gasteiger partial charge is 0.461 e. The molecule has 0 bridgehead atoms. The minimum Gasteiger partial charge on any atom is -0.461 e. The van der Waals surface area contributed by atoms with Crippen molar-refractivity contribution in [3.8, 4) is 0 Å². The molecule has 0 aromatic rings. The zero-order valence-electron chi connectivity index (χ0n) is 8.45. The van der Waals surface area contributed by atoms with Gasteiger partial charge in [-0.3, -0.25) is 4.79 Å². The van der Waals surface area contributed by atoms with Crippen LogP contribution in [0.2, 0.25) is 0 Å². The van der Waals surface area contributed by atoms with Gasteiger partial charge in [-0.05, 0) is 18.9 Å². The molecule has 0 radical (unpaired) electrons. The van der Waals surface area contributed by atoms with E-state index >= 15 is 0 Å². The second kappa shape index (κ2) is 6.60. The van der Waals surface area contributed by atoms with Crippen molar-refractivity contribution in [1.29, 1.82) is 0 Å². The van der Waals surface area contributed by atoms with Crippen LogP contribution in [0.5, 0.6) is 0 Å². The first-order valence-corrected chi connectivity index (χ1v) is 5.29. The molecule has 3 heteroatoms. The normalized spacial score (nSPS) is 28.4. The Morgan fingerprint density at radius 3 is 2.93 bits per heavy atom. The van der Waals surface area contributed by atoms with Crippen molar-refractivity contribution >= 4 is 5.97 Å². The van der Waals surface area contributed by atoms with Crippen molar-refractivity contribution in [3.63, 3.8) is 0 Å². The van der Waals surface area contributed by atoms with Gasteiger partial charge in [0.1, 0.15) is 6.61 Å². The number of rotatable bonds is 0. The Kier molecular flexibility index (Phi) is 5.30. The zero-order valence-corrected chi connectivity index (χ0v) is 8.45. The molecule has 0 saturated carbocycles. The van der Waals surface area contributed by atoms with Crippen LogP contribution in [-0.4, -0.2) is 23.8 Å². The first-order valence-electron chi connectivity index (χ1n) is 5.29. The molecular weight excluding hydrogens is 180 g/mol. The van der Waals surface area contributed by atoms with Crippen molar-refractivity contribution in [2.75, 3.05) is 6.61 Å². The lowest BCUT2D eigenvalue weighted by Crippen LogP contribution is -2.07. The monoisotopic (exact) mass is 198 g/mol. The van der Waals surface area contributed by atoms with Gasteiger partial charge >= 0.3 is 5.97 Å². The van der Waals surface area contributed by atoms with E-state index in [1.54, 1.807) is 12.2 Å². The summed E-state index contributed by atoms with van der Waals surface area (Å²) in [5.41, 5.74) is 0. The zero-order chi connectivity index (χ0) is 10.2. The number of hydrogen-bond acceptors (Lipinski definition) is 3. The maximum atomic E-state index is 11.1. The van der Waals surface area contributed by atoms with E-state index in [-0.39, 0.29) is 18.7 Å². The fourth-order valence-corrected chi connectivity index (χ4v) is 1.50. The fourth-order valence-electron chi connectivity index (χ4n) is 1.50. The molecule has 1 aliphatic rings. The van der Waals surface area contributed by atoms with Crippen LogP contribution in [0, 0.1) is 0 Å². The molecular formula is C11H18O3. The number of aliphatic hydroxyl groups excluding tert-OH is 1. The fraction of sp³-hybridized carbons (Fsp3) is 0.727. The minimum atomic E-state index is -0.381. The molecule has 1 rings (SSSR count). The Labute approximate surface area is 84.8 Å². The summed E-state index contributed by atoms with van der Waals surface area (Å²) in [6, 6.07) is 0. The highest BCUT2D eigenvalue weighted by atomic mass is 16.5. The van der Waals surface area contributed by atoms with Gasteiger partial charge in [-0.25, -0.2) is 0 Å². The van der Waals surface area contributed by atoms with E-state index in [4.69, 9.17) is 4.74 Å². The molecule has 0 saturated heterocycles. The SMILES string of the molecule is O=C1CCCCCCC(O)/C=C\CO1. The molecule has 14 heavy (non-hydrogen) atoms. The summed E-state index contributed by atoms with van der Waals surface area (Å²) in [4.78, 5) is 11.1. The van der Waals surface area contributed by atoms with Gasteiger partial charge < -0.3 is 9.84 Å². The summed E-state index contributed by atoms with van der Waals surface area (Å²) in [7, 11) is 0. The summed E-state index contributed by atoms with van der Waals surface area (Å²) in [6.07, 6.45) is 8.43. The Balaban J connectivity index is 2.35. The summed E-state index contributed by atoms with van der Waals surface area (Å²) in [5.74, 6) is -0.135. The molecule has 1 heterocycles. The van der Waals surface area contributed by atoms with Crippen molar-refractivity contribution < 1.29 is 14.6 Å². The highest BCUT2D eigenvalue weighted by Gasteiger charge is 2.04. The predicted octanol–water partition coefficient (Wildman–Crippen LogP) is 1.80. The van der Waals surface area contributed by atoms with Crippen LogP contribution in [-0.2, 0) is 9.53 Å². The highest BCUT2D eigenvalue weighted by Crippen LogP contribution is 2.09. The van der Waals surface area contributed by atoms with Gasteiger partial charge in [0, 0.05) is 6.42 Å². The summed E-state index contributed by atoms with van der Waals surface area (Å²) < 4.78 is 4.93. The lowest BCUT2D eigenvalue weighted by molar-refractivity contribution is -0.142. The first-order chi connectivity index (χ1) is 6.79. The lowest BCUT2D eigenvalue weighted by Gasteiger charge is -2.07. The average Bonchev–Trinajstić information content (AvgIpc) is 2.16. The third-order valence-corrected chi connectivity index (χ3v) is 2.33. The van der Waals surface area contributed by atoms with Crippen LogP contribution in [0.4, 0.5) is 0 Å². The molecule has 3 nitrogen and oxygen atoms in total. The van der Waals surface area contributed by atoms with Crippen LogP contribution in [0.15, 0.2) is 12.2 Å². The number of aliphatic hydroxyl groups is 1. The molecule has 1 aliphatic heterocycles. The molecule has 0 aromatic carbocycles. The topological polar surface area (TPSA) is 46.5 Å². The minimum absolute atomic E-state index is 0.135. The third-order valence-electron chi connectivity index (χ3n) is 2.33. The van der Waals surface area contributed by atoms with E-state index in [0.717, 1.165) is 32.1 Å². The molecule has 0 spiro atoms. The second-order valence-electron chi connectivity index (χ2n) is 3.63. The number of cyclic esters (lactones) is 1. The van der Waals surface area contributed by atoms with Crippen LogP contribution >= 0.6 is 0 Å². The Bertz CT molecular complexity index is 199. The molecule has 0 aliphatic carbocycles. The molecule has 1 atom stereocenters. The quantitative estimate of drug-likeness (QED) is 0.477. The number of esters is 1. The lowest BCUT2D eigenvalue weighted by atomic mass is 10.1. The van der Waals surface area contributed by atoms with Gasteiger partial charge in [-0.2, -0.15) is 0 Å². The van der Waals surface area contributed by atoms with Gasteiger partial charge in [0.2, 0.25) is 0 Å². The molecule has 0 aromatic heterocycles. The van der Waals surface area contributed by atoms with Gasteiger partial charge in [-0.1, -0.05) is 25.3 Å². The summed E-state index contributed by atoms with van der Waals surface area (Å²) in [5, 5.41) is 9.43. The molecule has 1 N–H and O–H groups in total. The summed E-state index contributed by atoms with van der Waals surface area (Å²) >= 11 is 0. The first kappa shape index (κ1) is 11.2. The second-order valence-corrected chi connectivity index (χ2v) is 3.63. The van der Waals surface area contributed by atoms with Crippen molar-refractivity contribution in [2.24, 2.45) is 0 Å². The summed E-state index contributed by atoms with van der Waals surface area (Å²) in [6.45, 7) is 0.288.